The number of hydrogen-bond acceptors (Lipinski definition) is 3. The van der Waals surface area contributed by atoms with E-state index >= 15 is 0 Å². The molecule has 1 heterocycles. The fourth-order valence-corrected chi connectivity index (χ4v) is 2.89. The topological polar surface area (TPSA) is 30.5 Å². The maximum atomic E-state index is 13.9. The fourth-order valence-electron chi connectivity index (χ4n) is 2.89. The summed E-state index contributed by atoms with van der Waals surface area (Å²) in [6, 6.07) is 5.74. The van der Waals surface area contributed by atoms with Crippen LogP contribution in [0.5, 0.6) is 5.75 Å². The Morgan fingerprint density at radius 3 is 2.62 bits per heavy atom. The normalized spacial score (nSPS) is 18.0. The van der Waals surface area contributed by atoms with Gasteiger partial charge in [0.2, 0.25) is 0 Å². The number of rotatable bonds is 6. The second kappa shape index (κ2) is 7.23. The van der Waals surface area contributed by atoms with E-state index in [4.69, 9.17) is 9.47 Å². The Morgan fingerprint density at radius 1 is 1.33 bits per heavy atom. The number of benzene rings is 1. The zero-order valence-corrected chi connectivity index (χ0v) is 13.2. The van der Waals surface area contributed by atoms with Crippen LogP contribution in [0.2, 0.25) is 0 Å². The van der Waals surface area contributed by atoms with E-state index in [0.29, 0.717) is 11.8 Å². The Labute approximate surface area is 126 Å². The van der Waals surface area contributed by atoms with Gasteiger partial charge in [0, 0.05) is 25.8 Å². The lowest BCUT2D eigenvalue weighted by Gasteiger charge is -2.38. The lowest BCUT2D eigenvalue weighted by molar-refractivity contribution is 0.0140. The van der Waals surface area contributed by atoms with Crippen LogP contribution in [0.1, 0.15) is 32.3 Å². The van der Waals surface area contributed by atoms with Gasteiger partial charge in [-0.25, -0.2) is 4.39 Å². The van der Waals surface area contributed by atoms with E-state index in [9.17, 15) is 4.39 Å². The third-order valence-electron chi connectivity index (χ3n) is 4.23. The van der Waals surface area contributed by atoms with Gasteiger partial charge in [-0.3, -0.25) is 0 Å². The molecule has 0 spiro atoms. The van der Waals surface area contributed by atoms with Crippen molar-refractivity contribution in [2.75, 3.05) is 26.9 Å². The summed E-state index contributed by atoms with van der Waals surface area (Å²) in [5.74, 6) is 0.0223. The molecule has 0 unspecified atom stereocenters. The standard InChI is InChI=1S/C17H26FNO2/c1-13(2)19-12-17(6-8-21-9-7-17)11-14-4-5-16(20-3)15(18)10-14/h4-5,10,13,19H,6-9,11-12H2,1-3H3. The van der Waals surface area contributed by atoms with Crippen molar-refractivity contribution in [3.05, 3.63) is 29.6 Å². The van der Waals surface area contributed by atoms with E-state index in [1.807, 2.05) is 6.07 Å². The summed E-state index contributed by atoms with van der Waals surface area (Å²) < 4.78 is 24.4. The van der Waals surface area contributed by atoms with Crippen LogP contribution in [-0.2, 0) is 11.2 Å². The average molecular weight is 295 g/mol. The number of methoxy groups -OCH3 is 1. The van der Waals surface area contributed by atoms with Crippen LogP contribution in [0.3, 0.4) is 0 Å². The van der Waals surface area contributed by atoms with Gasteiger partial charge in [-0.15, -0.1) is 0 Å². The smallest absolute Gasteiger partial charge is 0.165 e. The zero-order valence-electron chi connectivity index (χ0n) is 13.2. The molecule has 0 aromatic heterocycles. The summed E-state index contributed by atoms with van der Waals surface area (Å²) >= 11 is 0. The first-order valence-corrected chi connectivity index (χ1v) is 7.68. The minimum atomic E-state index is -0.283. The first-order valence-electron chi connectivity index (χ1n) is 7.68. The van der Waals surface area contributed by atoms with E-state index in [-0.39, 0.29) is 11.2 Å². The lowest BCUT2D eigenvalue weighted by atomic mass is 9.75. The molecule has 118 valence electrons. The first kappa shape index (κ1) is 16.2. The van der Waals surface area contributed by atoms with Crippen molar-refractivity contribution in [2.24, 2.45) is 5.41 Å². The largest absolute Gasteiger partial charge is 0.494 e. The van der Waals surface area contributed by atoms with Gasteiger partial charge in [-0.1, -0.05) is 19.9 Å². The molecule has 0 saturated carbocycles. The summed E-state index contributed by atoms with van der Waals surface area (Å²) in [4.78, 5) is 0. The van der Waals surface area contributed by atoms with Gasteiger partial charge in [0.1, 0.15) is 0 Å². The predicted octanol–water partition coefficient (Wildman–Crippen LogP) is 3.17. The monoisotopic (exact) mass is 295 g/mol. The molecule has 0 atom stereocenters. The Hall–Kier alpha value is -1.13. The molecule has 1 saturated heterocycles. The van der Waals surface area contributed by atoms with Gasteiger partial charge in [0.25, 0.3) is 0 Å². The van der Waals surface area contributed by atoms with Crippen molar-refractivity contribution in [2.45, 2.75) is 39.2 Å². The maximum absolute atomic E-state index is 13.9. The summed E-state index contributed by atoms with van der Waals surface area (Å²) in [5.41, 5.74) is 1.18. The van der Waals surface area contributed by atoms with Crippen LogP contribution in [0.25, 0.3) is 0 Å². The number of hydrogen-bond donors (Lipinski definition) is 1. The predicted molar refractivity (Wildman–Crippen MR) is 82.3 cm³/mol. The van der Waals surface area contributed by atoms with Gasteiger partial charge in [0.05, 0.1) is 7.11 Å². The van der Waals surface area contributed by atoms with Gasteiger partial charge in [-0.05, 0) is 42.4 Å². The first-order chi connectivity index (χ1) is 10.0. The number of halogens is 1. The van der Waals surface area contributed by atoms with E-state index < -0.39 is 0 Å². The molecule has 3 nitrogen and oxygen atoms in total. The molecular formula is C17H26FNO2. The molecular weight excluding hydrogens is 269 g/mol. The van der Waals surface area contributed by atoms with Gasteiger partial charge in [-0.2, -0.15) is 0 Å². The molecule has 0 aliphatic carbocycles. The van der Waals surface area contributed by atoms with E-state index in [0.717, 1.165) is 44.6 Å². The third-order valence-corrected chi connectivity index (χ3v) is 4.23. The highest BCUT2D eigenvalue weighted by Gasteiger charge is 2.32. The van der Waals surface area contributed by atoms with Crippen LogP contribution in [-0.4, -0.2) is 32.9 Å². The average Bonchev–Trinajstić information content (AvgIpc) is 2.46. The third kappa shape index (κ3) is 4.42. The molecule has 1 fully saturated rings. The van der Waals surface area contributed by atoms with E-state index in [1.54, 1.807) is 12.1 Å². The van der Waals surface area contributed by atoms with Crippen LogP contribution in [0.4, 0.5) is 4.39 Å². The highest BCUT2D eigenvalue weighted by molar-refractivity contribution is 5.30. The molecule has 2 rings (SSSR count). The van der Waals surface area contributed by atoms with Crippen LogP contribution < -0.4 is 10.1 Å². The molecule has 0 bridgehead atoms. The summed E-state index contributed by atoms with van der Waals surface area (Å²) in [6.07, 6.45) is 2.90. The minimum absolute atomic E-state index is 0.156. The van der Waals surface area contributed by atoms with E-state index in [2.05, 4.69) is 19.2 Å². The van der Waals surface area contributed by atoms with Gasteiger partial charge < -0.3 is 14.8 Å². The van der Waals surface area contributed by atoms with Crippen LogP contribution in [0.15, 0.2) is 18.2 Å². The fraction of sp³-hybridized carbons (Fsp3) is 0.647. The second-order valence-corrected chi connectivity index (χ2v) is 6.29. The number of nitrogens with one attached hydrogen (secondary N) is 1. The van der Waals surface area contributed by atoms with Gasteiger partial charge in [0.15, 0.2) is 11.6 Å². The summed E-state index contributed by atoms with van der Waals surface area (Å²) in [5, 5.41) is 3.54. The molecule has 1 aliphatic heterocycles. The second-order valence-electron chi connectivity index (χ2n) is 6.29. The molecule has 4 heteroatoms. The highest BCUT2D eigenvalue weighted by Crippen LogP contribution is 2.34. The summed E-state index contributed by atoms with van der Waals surface area (Å²) in [7, 11) is 1.49. The Morgan fingerprint density at radius 2 is 2.05 bits per heavy atom. The molecule has 1 aromatic rings. The van der Waals surface area contributed by atoms with Crippen LogP contribution in [0, 0.1) is 11.2 Å². The quantitative estimate of drug-likeness (QED) is 0.874. The van der Waals surface area contributed by atoms with Crippen molar-refractivity contribution in [3.8, 4) is 5.75 Å². The maximum Gasteiger partial charge on any atom is 0.165 e. The molecule has 21 heavy (non-hydrogen) atoms. The lowest BCUT2D eigenvalue weighted by Crippen LogP contribution is -2.42. The van der Waals surface area contributed by atoms with Crippen molar-refractivity contribution in [1.82, 2.24) is 5.32 Å². The van der Waals surface area contributed by atoms with E-state index in [1.165, 1.54) is 7.11 Å². The molecule has 0 radical (unpaired) electrons. The van der Waals surface area contributed by atoms with Crippen molar-refractivity contribution < 1.29 is 13.9 Å². The van der Waals surface area contributed by atoms with Crippen molar-refractivity contribution in [3.63, 3.8) is 0 Å². The zero-order chi connectivity index (χ0) is 15.3. The molecule has 0 amide bonds. The van der Waals surface area contributed by atoms with Crippen molar-refractivity contribution in [1.29, 1.82) is 0 Å². The Kier molecular flexibility index (Phi) is 5.59. The SMILES string of the molecule is COc1ccc(CC2(CNC(C)C)CCOCC2)cc1F. The molecule has 1 aromatic carbocycles. The van der Waals surface area contributed by atoms with Gasteiger partial charge >= 0.3 is 0 Å². The number of ether oxygens (including phenoxy) is 2. The Bertz CT molecular complexity index is 456. The minimum Gasteiger partial charge on any atom is -0.494 e. The Balaban J connectivity index is 2.12. The summed E-state index contributed by atoms with van der Waals surface area (Å²) in [6.45, 7) is 6.83. The molecule has 1 aliphatic rings. The molecule has 1 N–H and O–H groups in total. The van der Waals surface area contributed by atoms with Crippen molar-refractivity contribution >= 4 is 0 Å². The van der Waals surface area contributed by atoms with Crippen LogP contribution >= 0.6 is 0 Å². The highest BCUT2D eigenvalue weighted by atomic mass is 19.1.